The third-order valence-electron chi connectivity index (χ3n) is 2.62. The van der Waals surface area contributed by atoms with Crippen LogP contribution in [0.25, 0.3) is 0 Å². The quantitative estimate of drug-likeness (QED) is 0.833. The molecule has 82 valence electrons. The largest absolute Gasteiger partial charge is 0.496 e. The zero-order valence-corrected chi connectivity index (χ0v) is 10.0. The molecule has 0 spiro atoms. The SMILES string of the molecule is COc1ccccc1C1NCC(C)CS1. The number of para-hydroxylation sites is 1. The fraction of sp³-hybridized carbons (Fsp3) is 0.500. The first-order valence-corrected chi connectivity index (χ1v) is 6.34. The van der Waals surface area contributed by atoms with E-state index in [4.69, 9.17) is 4.74 Å². The van der Waals surface area contributed by atoms with Gasteiger partial charge in [-0.15, -0.1) is 11.8 Å². The predicted molar refractivity (Wildman–Crippen MR) is 65.4 cm³/mol. The highest BCUT2D eigenvalue weighted by Gasteiger charge is 2.21. The van der Waals surface area contributed by atoms with E-state index in [0.29, 0.717) is 5.37 Å². The van der Waals surface area contributed by atoms with Crippen molar-refractivity contribution in [2.45, 2.75) is 12.3 Å². The number of benzene rings is 1. The Balaban J connectivity index is 2.15. The summed E-state index contributed by atoms with van der Waals surface area (Å²) in [4.78, 5) is 0. The van der Waals surface area contributed by atoms with Crippen LogP contribution < -0.4 is 10.1 Å². The molecule has 1 saturated heterocycles. The van der Waals surface area contributed by atoms with Crippen LogP contribution in [0, 0.1) is 5.92 Å². The molecule has 15 heavy (non-hydrogen) atoms. The normalized spacial score (nSPS) is 26.3. The highest BCUT2D eigenvalue weighted by molar-refractivity contribution is 7.99. The van der Waals surface area contributed by atoms with Gasteiger partial charge < -0.3 is 10.1 Å². The Morgan fingerprint density at radius 3 is 2.87 bits per heavy atom. The number of hydrogen-bond acceptors (Lipinski definition) is 3. The van der Waals surface area contributed by atoms with E-state index in [-0.39, 0.29) is 0 Å². The first-order valence-electron chi connectivity index (χ1n) is 5.29. The van der Waals surface area contributed by atoms with Crippen LogP contribution in [0.15, 0.2) is 24.3 Å². The maximum absolute atomic E-state index is 5.37. The van der Waals surface area contributed by atoms with Gasteiger partial charge in [0, 0.05) is 5.56 Å². The molecule has 0 radical (unpaired) electrons. The molecule has 0 aliphatic carbocycles. The van der Waals surface area contributed by atoms with Gasteiger partial charge in [0.05, 0.1) is 12.5 Å². The van der Waals surface area contributed by atoms with Gasteiger partial charge in [-0.1, -0.05) is 25.1 Å². The van der Waals surface area contributed by atoms with Crippen LogP contribution in [0.2, 0.25) is 0 Å². The van der Waals surface area contributed by atoms with Gasteiger partial charge in [0.2, 0.25) is 0 Å². The van der Waals surface area contributed by atoms with Crippen LogP contribution in [-0.4, -0.2) is 19.4 Å². The van der Waals surface area contributed by atoms with Crippen LogP contribution in [0.3, 0.4) is 0 Å². The standard InChI is InChI=1S/C12H17NOS/c1-9-7-13-12(15-8-9)10-5-3-4-6-11(10)14-2/h3-6,9,12-13H,7-8H2,1-2H3. The van der Waals surface area contributed by atoms with Crippen molar-refractivity contribution in [2.75, 3.05) is 19.4 Å². The summed E-state index contributed by atoms with van der Waals surface area (Å²) in [6, 6.07) is 8.24. The van der Waals surface area contributed by atoms with Gasteiger partial charge in [-0.25, -0.2) is 0 Å². The third-order valence-corrected chi connectivity index (χ3v) is 4.14. The fourth-order valence-corrected chi connectivity index (χ4v) is 3.00. The maximum Gasteiger partial charge on any atom is 0.124 e. The predicted octanol–water partition coefficient (Wildman–Crippen LogP) is 2.67. The lowest BCUT2D eigenvalue weighted by atomic mass is 10.1. The first kappa shape index (κ1) is 10.8. The molecule has 1 fully saturated rings. The lowest BCUT2D eigenvalue weighted by Gasteiger charge is -2.28. The summed E-state index contributed by atoms with van der Waals surface area (Å²) in [6.07, 6.45) is 0. The van der Waals surface area contributed by atoms with Gasteiger partial charge >= 0.3 is 0 Å². The van der Waals surface area contributed by atoms with Gasteiger partial charge in [0.15, 0.2) is 0 Å². The van der Waals surface area contributed by atoms with Crippen molar-refractivity contribution in [2.24, 2.45) is 5.92 Å². The Morgan fingerprint density at radius 1 is 1.40 bits per heavy atom. The number of rotatable bonds is 2. The topological polar surface area (TPSA) is 21.3 Å². The summed E-state index contributed by atoms with van der Waals surface area (Å²) in [5, 5.41) is 3.93. The van der Waals surface area contributed by atoms with E-state index in [0.717, 1.165) is 18.2 Å². The Labute approximate surface area is 95.4 Å². The van der Waals surface area contributed by atoms with E-state index >= 15 is 0 Å². The lowest BCUT2D eigenvalue weighted by Crippen LogP contribution is -2.31. The van der Waals surface area contributed by atoms with Crippen LogP contribution >= 0.6 is 11.8 Å². The monoisotopic (exact) mass is 223 g/mol. The molecule has 2 unspecified atom stereocenters. The highest BCUT2D eigenvalue weighted by atomic mass is 32.2. The first-order chi connectivity index (χ1) is 7.31. The summed E-state index contributed by atoms with van der Waals surface area (Å²) in [5.41, 5.74) is 1.26. The van der Waals surface area contributed by atoms with Crippen molar-refractivity contribution in [3.8, 4) is 5.75 Å². The van der Waals surface area contributed by atoms with Crippen molar-refractivity contribution in [3.63, 3.8) is 0 Å². The highest BCUT2D eigenvalue weighted by Crippen LogP contribution is 2.35. The Hall–Kier alpha value is -0.670. The van der Waals surface area contributed by atoms with Crippen molar-refractivity contribution in [1.29, 1.82) is 0 Å². The molecular formula is C12H17NOS. The van der Waals surface area contributed by atoms with E-state index in [1.807, 2.05) is 23.9 Å². The molecule has 1 aromatic rings. The van der Waals surface area contributed by atoms with E-state index in [2.05, 4.69) is 24.4 Å². The van der Waals surface area contributed by atoms with Gasteiger partial charge in [0.25, 0.3) is 0 Å². The molecule has 1 N–H and O–H groups in total. The maximum atomic E-state index is 5.37. The summed E-state index contributed by atoms with van der Waals surface area (Å²) in [7, 11) is 1.73. The van der Waals surface area contributed by atoms with Crippen LogP contribution in [0.4, 0.5) is 0 Å². The van der Waals surface area contributed by atoms with Crippen LogP contribution in [0.5, 0.6) is 5.75 Å². The van der Waals surface area contributed by atoms with Crippen molar-refractivity contribution in [1.82, 2.24) is 5.32 Å². The fourth-order valence-electron chi connectivity index (χ4n) is 1.77. The summed E-state index contributed by atoms with van der Waals surface area (Å²) in [6.45, 7) is 3.37. The number of thioether (sulfide) groups is 1. The van der Waals surface area contributed by atoms with Crippen molar-refractivity contribution in [3.05, 3.63) is 29.8 Å². The molecular weight excluding hydrogens is 206 g/mol. The molecule has 0 bridgehead atoms. The van der Waals surface area contributed by atoms with E-state index < -0.39 is 0 Å². The van der Waals surface area contributed by atoms with Gasteiger partial charge in [0.1, 0.15) is 5.75 Å². The smallest absolute Gasteiger partial charge is 0.124 e. The molecule has 1 aromatic carbocycles. The second-order valence-electron chi connectivity index (χ2n) is 3.97. The zero-order chi connectivity index (χ0) is 10.7. The van der Waals surface area contributed by atoms with Gasteiger partial charge in [-0.2, -0.15) is 0 Å². The molecule has 1 heterocycles. The number of methoxy groups -OCH3 is 1. The van der Waals surface area contributed by atoms with E-state index in [9.17, 15) is 0 Å². The van der Waals surface area contributed by atoms with Crippen molar-refractivity contribution >= 4 is 11.8 Å². The Morgan fingerprint density at radius 2 is 2.20 bits per heavy atom. The minimum atomic E-state index is 0.386. The van der Waals surface area contributed by atoms with Crippen molar-refractivity contribution < 1.29 is 4.74 Å². The molecule has 0 aromatic heterocycles. The number of ether oxygens (including phenoxy) is 1. The Bertz CT molecular complexity index is 321. The minimum Gasteiger partial charge on any atom is -0.496 e. The summed E-state index contributed by atoms with van der Waals surface area (Å²) in [5.74, 6) is 2.97. The van der Waals surface area contributed by atoms with Crippen LogP contribution in [0.1, 0.15) is 17.9 Å². The summed E-state index contributed by atoms with van der Waals surface area (Å²) >= 11 is 1.96. The molecule has 0 saturated carbocycles. The third kappa shape index (κ3) is 2.47. The molecule has 0 amide bonds. The van der Waals surface area contributed by atoms with Crippen LogP contribution in [-0.2, 0) is 0 Å². The van der Waals surface area contributed by atoms with Gasteiger partial charge in [-0.05, 0) is 24.3 Å². The molecule has 2 rings (SSSR count). The average molecular weight is 223 g/mol. The second-order valence-corrected chi connectivity index (χ2v) is 5.11. The average Bonchev–Trinajstić information content (AvgIpc) is 2.30. The van der Waals surface area contributed by atoms with Gasteiger partial charge in [-0.3, -0.25) is 0 Å². The summed E-state index contributed by atoms with van der Waals surface area (Å²) < 4.78 is 5.37. The molecule has 2 atom stereocenters. The molecule has 1 aliphatic heterocycles. The lowest BCUT2D eigenvalue weighted by molar-refractivity contribution is 0.405. The van der Waals surface area contributed by atoms with E-state index in [1.165, 1.54) is 11.3 Å². The van der Waals surface area contributed by atoms with E-state index in [1.54, 1.807) is 7.11 Å². The number of hydrogen-bond donors (Lipinski definition) is 1. The zero-order valence-electron chi connectivity index (χ0n) is 9.19. The molecule has 3 heteroatoms. The minimum absolute atomic E-state index is 0.386. The molecule has 1 aliphatic rings. The number of nitrogens with one attached hydrogen (secondary N) is 1. The molecule has 2 nitrogen and oxygen atoms in total. The Kier molecular flexibility index (Phi) is 3.54. The second kappa shape index (κ2) is 4.90.